The SMILES string of the molecule is CCOc1ccc2nc(N(CCN(C)C)C(=O)C3CC(=O)N(c4ccccc4)C3)sc2c1.Cl. The molecule has 1 atom stereocenters. The number of thiazole rings is 1. The monoisotopic (exact) mass is 488 g/mol. The standard InChI is InChI=1S/C24H28N4O3S.ClH/c1-4-31-19-10-11-20-21(15-19)32-24(25-20)27(13-12-26(2)3)23(30)17-14-22(29)28(16-17)18-8-6-5-7-9-18;/h5-11,15,17H,4,12-14,16H2,1-3H3;1H. The van der Waals surface area contributed by atoms with Gasteiger partial charge in [-0.25, -0.2) is 4.98 Å². The molecule has 2 aromatic carbocycles. The number of rotatable bonds is 8. The molecule has 0 aliphatic carbocycles. The van der Waals surface area contributed by atoms with Crippen molar-refractivity contribution in [2.45, 2.75) is 13.3 Å². The van der Waals surface area contributed by atoms with Crippen LogP contribution in [0.1, 0.15) is 13.3 Å². The van der Waals surface area contributed by atoms with E-state index < -0.39 is 5.92 Å². The van der Waals surface area contributed by atoms with Gasteiger partial charge in [-0.05, 0) is 51.4 Å². The molecular weight excluding hydrogens is 460 g/mol. The molecule has 4 rings (SSSR count). The van der Waals surface area contributed by atoms with Gasteiger partial charge in [0.2, 0.25) is 11.8 Å². The van der Waals surface area contributed by atoms with Crippen LogP contribution < -0.4 is 14.5 Å². The lowest BCUT2D eigenvalue weighted by molar-refractivity contribution is -0.124. The number of benzene rings is 2. The number of amides is 2. The molecule has 176 valence electrons. The minimum Gasteiger partial charge on any atom is -0.494 e. The number of halogens is 1. The molecule has 0 spiro atoms. The molecule has 9 heteroatoms. The molecule has 7 nitrogen and oxygen atoms in total. The summed E-state index contributed by atoms with van der Waals surface area (Å²) in [6.45, 7) is 4.15. The van der Waals surface area contributed by atoms with Gasteiger partial charge in [-0.2, -0.15) is 0 Å². The highest BCUT2D eigenvalue weighted by molar-refractivity contribution is 7.22. The smallest absolute Gasteiger partial charge is 0.234 e. The van der Waals surface area contributed by atoms with Crippen molar-refractivity contribution in [3.05, 3.63) is 48.5 Å². The van der Waals surface area contributed by atoms with Crippen LogP contribution in [0.25, 0.3) is 10.2 Å². The summed E-state index contributed by atoms with van der Waals surface area (Å²) in [4.78, 5) is 36.5. The number of aromatic nitrogens is 1. The Morgan fingerprint density at radius 3 is 2.64 bits per heavy atom. The Hall–Kier alpha value is -2.68. The molecule has 1 aliphatic rings. The zero-order valence-electron chi connectivity index (χ0n) is 19.1. The number of carbonyl (C=O) groups excluding carboxylic acids is 2. The lowest BCUT2D eigenvalue weighted by Crippen LogP contribution is -2.41. The average molecular weight is 489 g/mol. The van der Waals surface area contributed by atoms with Crippen molar-refractivity contribution < 1.29 is 14.3 Å². The number of anilines is 2. The molecule has 1 aliphatic heterocycles. The Morgan fingerprint density at radius 1 is 1.18 bits per heavy atom. The third-order valence-electron chi connectivity index (χ3n) is 5.47. The van der Waals surface area contributed by atoms with Gasteiger partial charge in [-0.15, -0.1) is 12.4 Å². The summed E-state index contributed by atoms with van der Waals surface area (Å²) in [6.07, 6.45) is 0.214. The van der Waals surface area contributed by atoms with Crippen molar-refractivity contribution >= 4 is 56.6 Å². The van der Waals surface area contributed by atoms with Gasteiger partial charge in [-0.1, -0.05) is 29.5 Å². The molecule has 2 heterocycles. The van der Waals surface area contributed by atoms with Crippen molar-refractivity contribution in [1.29, 1.82) is 0 Å². The maximum absolute atomic E-state index is 13.6. The van der Waals surface area contributed by atoms with Gasteiger partial charge in [0.15, 0.2) is 5.13 Å². The molecule has 0 bridgehead atoms. The lowest BCUT2D eigenvalue weighted by Gasteiger charge is -2.24. The van der Waals surface area contributed by atoms with Crippen molar-refractivity contribution in [3.63, 3.8) is 0 Å². The number of hydrogen-bond acceptors (Lipinski definition) is 6. The summed E-state index contributed by atoms with van der Waals surface area (Å²) in [5.41, 5.74) is 1.67. The number of nitrogens with zero attached hydrogens (tertiary/aromatic N) is 4. The summed E-state index contributed by atoms with van der Waals surface area (Å²) in [6, 6.07) is 15.3. The van der Waals surface area contributed by atoms with Crippen LogP contribution in [-0.4, -0.2) is 62.0 Å². The van der Waals surface area contributed by atoms with Crippen LogP contribution in [0.4, 0.5) is 10.8 Å². The van der Waals surface area contributed by atoms with Gasteiger partial charge in [0, 0.05) is 31.7 Å². The Kier molecular flexibility index (Phi) is 8.29. The Labute approximate surface area is 204 Å². The summed E-state index contributed by atoms with van der Waals surface area (Å²) >= 11 is 1.48. The van der Waals surface area contributed by atoms with Crippen LogP contribution in [-0.2, 0) is 9.59 Å². The molecule has 3 aromatic rings. The third-order valence-corrected chi connectivity index (χ3v) is 6.51. The maximum Gasteiger partial charge on any atom is 0.234 e. The van der Waals surface area contributed by atoms with Gasteiger partial charge in [0.05, 0.1) is 22.7 Å². The first-order chi connectivity index (χ1) is 15.5. The summed E-state index contributed by atoms with van der Waals surface area (Å²) in [5.74, 6) is 0.326. The third kappa shape index (κ3) is 5.63. The number of likely N-dealkylation sites (N-methyl/N-ethyl adjacent to an activating group) is 1. The van der Waals surface area contributed by atoms with Crippen LogP contribution >= 0.6 is 23.7 Å². The van der Waals surface area contributed by atoms with Gasteiger partial charge in [0.1, 0.15) is 5.75 Å². The second-order valence-electron chi connectivity index (χ2n) is 8.09. The quantitative estimate of drug-likeness (QED) is 0.478. The highest BCUT2D eigenvalue weighted by Crippen LogP contribution is 2.34. The second-order valence-corrected chi connectivity index (χ2v) is 9.10. The summed E-state index contributed by atoms with van der Waals surface area (Å²) in [5, 5.41) is 0.658. The fraction of sp³-hybridized carbons (Fsp3) is 0.375. The molecule has 0 saturated carbocycles. The topological polar surface area (TPSA) is 66.0 Å². The van der Waals surface area contributed by atoms with E-state index in [1.54, 1.807) is 9.80 Å². The fourth-order valence-corrected chi connectivity index (χ4v) is 4.84. The van der Waals surface area contributed by atoms with E-state index in [-0.39, 0.29) is 30.6 Å². The van der Waals surface area contributed by atoms with Crippen molar-refractivity contribution in [3.8, 4) is 5.75 Å². The minimum absolute atomic E-state index is 0. The average Bonchev–Trinajstić information content (AvgIpc) is 3.37. The second kappa shape index (κ2) is 11.0. The first kappa shape index (κ1) is 25.0. The molecule has 1 unspecified atom stereocenters. The van der Waals surface area contributed by atoms with Crippen molar-refractivity contribution in [2.24, 2.45) is 5.92 Å². The zero-order valence-corrected chi connectivity index (χ0v) is 20.7. The molecule has 0 N–H and O–H groups in total. The number of hydrogen-bond donors (Lipinski definition) is 0. The maximum atomic E-state index is 13.6. The lowest BCUT2D eigenvalue weighted by atomic mass is 10.1. The van der Waals surface area contributed by atoms with E-state index in [1.807, 2.05) is 74.4 Å². The van der Waals surface area contributed by atoms with E-state index in [1.165, 1.54) is 11.3 Å². The van der Waals surface area contributed by atoms with Gasteiger partial charge in [-0.3, -0.25) is 14.5 Å². The fourth-order valence-electron chi connectivity index (χ4n) is 3.82. The molecule has 2 amide bonds. The number of carbonyl (C=O) groups is 2. The van der Waals surface area contributed by atoms with Crippen molar-refractivity contribution in [1.82, 2.24) is 9.88 Å². The zero-order chi connectivity index (χ0) is 22.7. The highest BCUT2D eigenvalue weighted by Gasteiger charge is 2.38. The Bertz CT molecular complexity index is 1110. The van der Waals surface area contributed by atoms with E-state index in [9.17, 15) is 9.59 Å². The van der Waals surface area contributed by atoms with Crippen LogP contribution in [0.2, 0.25) is 0 Å². The predicted octanol–water partition coefficient (Wildman–Crippen LogP) is 4.06. The van der Waals surface area contributed by atoms with E-state index in [2.05, 4.69) is 0 Å². The highest BCUT2D eigenvalue weighted by atomic mass is 35.5. The predicted molar refractivity (Wildman–Crippen MR) is 136 cm³/mol. The van der Waals surface area contributed by atoms with Crippen LogP contribution in [0.3, 0.4) is 0 Å². The van der Waals surface area contributed by atoms with E-state index in [4.69, 9.17) is 9.72 Å². The normalized spacial score (nSPS) is 15.7. The number of fused-ring (bicyclic) bond motifs is 1. The van der Waals surface area contributed by atoms with Crippen LogP contribution in [0, 0.1) is 5.92 Å². The summed E-state index contributed by atoms with van der Waals surface area (Å²) < 4.78 is 6.58. The van der Waals surface area contributed by atoms with Gasteiger partial charge >= 0.3 is 0 Å². The van der Waals surface area contributed by atoms with Crippen molar-refractivity contribution in [2.75, 3.05) is 50.1 Å². The first-order valence-electron chi connectivity index (χ1n) is 10.8. The molecule has 1 saturated heterocycles. The van der Waals surface area contributed by atoms with Gasteiger partial charge < -0.3 is 14.5 Å². The van der Waals surface area contributed by atoms with E-state index in [0.717, 1.165) is 21.7 Å². The Morgan fingerprint density at radius 2 is 1.94 bits per heavy atom. The largest absolute Gasteiger partial charge is 0.494 e. The number of ether oxygens (including phenoxy) is 1. The summed E-state index contributed by atoms with van der Waals surface area (Å²) in [7, 11) is 3.96. The molecule has 0 radical (unpaired) electrons. The molecule has 1 fully saturated rings. The molecular formula is C24H29ClN4O3S. The molecule has 1 aromatic heterocycles. The van der Waals surface area contributed by atoms with E-state index in [0.29, 0.717) is 31.4 Å². The molecule has 33 heavy (non-hydrogen) atoms. The van der Waals surface area contributed by atoms with E-state index >= 15 is 0 Å². The van der Waals surface area contributed by atoms with Gasteiger partial charge in [0.25, 0.3) is 0 Å². The van der Waals surface area contributed by atoms with Crippen LogP contribution in [0.5, 0.6) is 5.75 Å². The first-order valence-corrected chi connectivity index (χ1v) is 11.6. The number of para-hydroxylation sites is 1. The Balaban J connectivity index is 0.00000306. The van der Waals surface area contributed by atoms with Crippen LogP contribution in [0.15, 0.2) is 48.5 Å². The minimum atomic E-state index is -0.393.